The highest BCUT2D eigenvalue weighted by atomic mass is 16.5. The lowest BCUT2D eigenvalue weighted by Gasteiger charge is -1.92. The van der Waals surface area contributed by atoms with Crippen molar-refractivity contribution in [1.29, 1.82) is 0 Å². The molecule has 1 aliphatic heterocycles. The molecule has 0 aromatic carbocycles. The highest BCUT2D eigenvalue weighted by Gasteiger charge is 2.24. The van der Waals surface area contributed by atoms with E-state index in [1.54, 1.807) is 6.92 Å². The molecule has 8 nitrogen and oxygen atoms in total. The fraction of sp³-hybridized carbons (Fsp3) is 0.286. The summed E-state index contributed by atoms with van der Waals surface area (Å²) in [5.74, 6) is -0.535. The maximum absolute atomic E-state index is 10.7. The van der Waals surface area contributed by atoms with Gasteiger partial charge in [-0.05, 0) is 6.92 Å². The van der Waals surface area contributed by atoms with Crippen molar-refractivity contribution in [1.82, 2.24) is 20.8 Å². The summed E-state index contributed by atoms with van der Waals surface area (Å²) in [6.45, 7) is 1.79. The first-order chi connectivity index (χ1) is 7.15. The minimum absolute atomic E-state index is 0.0980. The van der Waals surface area contributed by atoms with Crippen LogP contribution in [-0.4, -0.2) is 27.9 Å². The minimum atomic E-state index is -0.726. The quantitative estimate of drug-likeness (QED) is 0.575. The summed E-state index contributed by atoms with van der Waals surface area (Å²) in [6.07, 6.45) is 0. The van der Waals surface area contributed by atoms with E-state index < -0.39 is 11.8 Å². The first kappa shape index (κ1) is 9.31. The van der Waals surface area contributed by atoms with Crippen LogP contribution < -0.4 is 10.6 Å². The Hall–Kier alpha value is -2.25. The van der Waals surface area contributed by atoms with Crippen LogP contribution in [0.3, 0.4) is 0 Å². The summed E-state index contributed by atoms with van der Waals surface area (Å²) in [6, 6.07) is 0. The van der Waals surface area contributed by atoms with E-state index in [0.717, 1.165) is 0 Å². The lowest BCUT2D eigenvalue weighted by molar-refractivity contribution is -0.135. The lowest BCUT2D eigenvalue weighted by atomic mass is 10.6. The Kier molecular flexibility index (Phi) is 2.16. The molecule has 1 aliphatic rings. The van der Waals surface area contributed by atoms with Crippen LogP contribution in [-0.2, 0) is 16.1 Å². The summed E-state index contributed by atoms with van der Waals surface area (Å²) in [4.78, 5) is 29.3. The Balaban J connectivity index is 2.01. The van der Waals surface area contributed by atoms with Gasteiger partial charge in [-0.1, -0.05) is 5.16 Å². The zero-order valence-corrected chi connectivity index (χ0v) is 7.77. The average Bonchev–Trinajstić information content (AvgIpc) is 2.72. The highest BCUT2D eigenvalue weighted by Crippen LogP contribution is 1.97. The molecular formula is C7H7N5O3. The summed E-state index contributed by atoms with van der Waals surface area (Å²) >= 11 is 0. The molecule has 1 saturated heterocycles. The molecule has 0 spiro atoms. The van der Waals surface area contributed by atoms with E-state index in [-0.39, 0.29) is 12.5 Å². The van der Waals surface area contributed by atoms with Gasteiger partial charge in [0.15, 0.2) is 5.82 Å². The standard InChI is InChI=1S/C7H7N5O3/c1-3-9-4(15-12-3)2-8-7-10-5(13)6(14)11-7/h2H2,1H3,(H2,8,10,11,13,14). The monoisotopic (exact) mass is 209 g/mol. The average molecular weight is 209 g/mol. The SMILES string of the molecule is Cc1noc(CN=C2NC(=O)C(=O)N2)n1. The normalized spacial score (nSPS) is 15.1. The Morgan fingerprint density at radius 3 is 2.53 bits per heavy atom. The van der Waals surface area contributed by atoms with Gasteiger partial charge in [0.2, 0.25) is 11.9 Å². The predicted octanol–water partition coefficient (Wildman–Crippen LogP) is -1.52. The number of nitrogens with one attached hydrogen (secondary N) is 2. The van der Waals surface area contributed by atoms with Crippen molar-refractivity contribution in [3.63, 3.8) is 0 Å². The molecule has 0 atom stereocenters. The molecule has 2 N–H and O–H groups in total. The number of aryl methyl sites for hydroxylation is 1. The van der Waals surface area contributed by atoms with Crippen molar-refractivity contribution in [2.45, 2.75) is 13.5 Å². The van der Waals surface area contributed by atoms with Crippen molar-refractivity contribution in [2.24, 2.45) is 4.99 Å². The molecule has 1 aromatic rings. The van der Waals surface area contributed by atoms with Gasteiger partial charge in [0, 0.05) is 0 Å². The van der Waals surface area contributed by atoms with E-state index in [1.165, 1.54) is 0 Å². The molecule has 0 aliphatic carbocycles. The van der Waals surface area contributed by atoms with E-state index in [9.17, 15) is 9.59 Å². The largest absolute Gasteiger partial charge is 0.337 e. The maximum atomic E-state index is 10.7. The van der Waals surface area contributed by atoms with Crippen molar-refractivity contribution >= 4 is 17.8 Å². The number of carbonyl (C=O) groups is 2. The molecule has 1 aromatic heterocycles. The number of hydrogen-bond donors (Lipinski definition) is 2. The van der Waals surface area contributed by atoms with E-state index in [0.29, 0.717) is 11.7 Å². The van der Waals surface area contributed by atoms with Gasteiger partial charge in [0.1, 0.15) is 6.54 Å². The molecule has 8 heteroatoms. The van der Waals surface area contributed by atoms with Gasteiger partial charge in [-0.2, -0.15) is 4.98 Å². The summed E-state index contributed by atoms with van der Waals surface area (Å²) in [5.41, 5.74) is 0. The van der Waals surface area contributed by atoms with E-state index in [4.69, 9.17) is 4.52 Å². The lowest BCUT2D eigenvalue weighted by Crippen LogP contribution is -2.25. The van der Waals surface area contributed by atoms with Crippen LogP contribution in [0.4, 0.5) is 0 Å². The number of nitrogens with zero attached hydrogens (tertiary/aromatic N) is 3. The van der Waals surface area contributed by atoms with Crippen LogP contribution in [0.2, 0.25) is 0 Å². The molecule has 2 heterocycles. The second kappa shape index (κ2) is 3.48. The fourth-order valence-electron chi connectivity index (χ4n) is 0.990. The maximum Gasteiger partial charge on any atom is 0.316 e. The summed E-state index contributed by atoms with van der Waals surface area (Å²) in [7, 11) is 0. The number of aliphatic imine (C=N–C) groups is 1. The second-order valence-electron chi connectivity index (χ2n) is 2.81. The number of aromatic nitrogens is 2. The molecule has 78 valence electrons. The zero-order valence-electron chi connectivity index (χ0n) is 7.77. The van der Waals surface area contributed by atoms with Crippen molar-refractivity contribution in [2.75, 3.05) is 0 Å². The Labute approximate surface area is 83.8 Å². The zero-order chi connectivity index (χ0) is 10.8. The van der Waals surface area contributed by atoms with E-state index in [2.05, 4.69) is 25.8 Å². The minimum Gasteiger partial charge on any atom is -0.337 e. The van der Waals surface area contributed by atoms with Crippen molar-refractivity contribution < 1.29 is 14.1 Å². The third kappa shape index (κ3) is 1.98. The number of carbonyl (C=O) groups excluding carboxylic acids is 2. The van der Waals surface area contributed by atoms with Gasteiger partial charge in [-0.25, -0.2) is 4.99 Å². The van der Waals surface area contributed by atoms with Gasteiger partial charge in [0.25, 0.3) is 0 Å². The van der Waals surface area contributed by atoms with Crippen LogP contribution in [0.1, 0.15) is 11.7 Å². The van der Waals surface area contributed by atoms with Gasteiger partial charge in [0.05, 0.1) is 0 Å². The van der Waals surface area contributed by atoms with Crippen LogP contribution in [0.5, 0.6) is 0 Å². The summed E-state index contributed by atoms with van der Waals surface area (Å²) < 4.78 is 4.78. The Bertz CT molecular complexity index is 431. The number of hydrogen-bond acceptors (Lipinski definition) is 6. The van der Waals surface area contributed by atoms with Gasteiger partial charge >= 0.3 is 11.8 Å². The molecule has 15 heavy (non-hydrogen) atoms. The predicted molar refractivity (Wildman–Crippen MR) is 46.5 cm³/mol. The van der Waals surface area contributed by atoms with E-state index in [1.807, 2.05) is 0 Å². The van der Waals surface area contributed by atoms with Crippen molar-refractivity contribution in [3.05, 3.63) is 11.7 Å². The molecule has 1 fully saturated rings. The van der Waals surface area contributed by atoms with Gasteiger partial charge in [-0.15, -0.1) is 0 Å². The van der Waals surface area contributed by atoms with Crippen LogP contribution >= 0.6 is 0 Å². The van der Waals surface area contributed by atoms with Gasteiger partial charge < -0.3 is 4.52 Å². The molecule has 0 saturated carbocycles. The van der Waals surface area contributed by atoms with Crippen molar-refractivity contribution in [3.8, 4) is 0 Å². The number of guanidine groups is 1. The topological polar surface area (TPSA) is 109 Å². The number of amides is 2. The van der Waals surface area contributed by atoms with E-state index >= 15 is 0 Å². The van der Waals surface area contributed by atoms with Crippen LogP contribution in [0, 0.1) is 6.92 Å². The summed E-state index contributed by atoms with van der Waals surface area (Å²) in [5, 5.41) is 8.04. The first-order valence-electron chi connectivity index (χ1n) is 4.11. The second-order valence-corrected chi connectivity index (χ2v) is 2.81. The molecule has 0 bridgehead atoms. The third-order valence-corrected chi connectivity index (χ3v) is 1.61. The third-order valence-electron chi connectivity index (χ3n) is 1.61. The molecule has 2 amide bonds. The Morgan fingerprint density at radius 1 is 1.33 bits per heavy atom. The number of rotatable bonds is 2. The molecular weight excluding hydrogens is 202 g/mol. The highest BCUT2D eigenvalue weighted by molar-refractivity contribution is 6.45. The molecule has 0 unspecified atom stereocenters. The first-order valence-corrected chi connectivity index (χ1v) is 4.11. The van der Waals surface area contributed by atoms with Crippen LogP contribution in [0.15, 0.2) is 9.52 Å². The van der Waals surface area contributed by atoms with Crippen LogP contribution in [0.25, 0.3) is 0 Å². The molecule has 0 radical (unpaired) electrons. The van der Waals surface area contributed by atoms with Gasteiger partial charge in [-0.3, -0.25) is 20.2 Å². The smallest absolute Gasteiger partial charge is 0.316 e. The molecule has 2 rings (SSSR count). The fourth-order valence-corrected chi connectivity index (χ4v) is 0.990. The Morgan fingerprint density at radius 2 is 2.00 bits per heavy atom.